The Morgan fingerprint density at radius 2 is 2.22 bits per heavy atom. The molecule has 0 aliphatic heterocycles. The van der Waals surface area contributed by atoms with E-state index in [9.17, 15) is 4.79 Å². The maximum atomic E-state index is 11.0. The van der Waals surface area contributed by atoms with Crippen LogP contribution in [0.3, 0.4) is 0 Å². The van der Waals surface area contributed by atoms with E-state index >= 15 is 0 Å². The molecule has 0 bridgehead atoms. The number of ether oxygens (including phenoxy) is 1. The van der Waals surface area contributed by atoms with Gasteiger partial charge in [-0.2, -0.15) is 0 Å². The Morgan fingerprint density at radius 3 is 2.78 bits per heavy atom. The molecule has 4 nitrogen and oxygen atoms in total. The lowest BCUT2D eigenvalue weighted by molar-refractivity contribution is 0.0697. The number of benzene rings is 1. The van der Waals surface area contributed by atoms with Crippen molar-refractivity contribution in [2.75, 3.05) is 12.3 Å². The van der Waals surface area contributed by atoms with Crippen molar-refractivity contribution in [2.45, 2.75) is 26.7 Å². The summed E-state index contributed by atoms with van der Waals surface area (Å²) < 4.78 is 6.31. The van der Waals surface area contributed by atoms with Gasteiger partial charge < -0.3 is 15.6 Å². The minimum absolute atomic E-state index is 0.0661. The summed E-state index contributed by atoms with van der Waals surface area (Å²) in [4.78, 5) is 11.0. The Balaban J connectivity index is 2.82. The molecule has 0 spiro atoms. The number of hydrogen-bond donors (Lipinski definition) is 2. The van der Waals surface area contributed by atoms with Gasteiger partial charge in [0.15, 0.2) is 0 Å². The molecule has 1 aromatic rings. The number of hydrogen-bond acceptors (Lipinski definition) is 3. The molecule has 18 heavy (non-hydrogen) atoms. The van der Waals surface area contributed by atoms with Crippen LogP contribution in [0.1, 0.15) is 37.0 Å². The molecular weight excluding hydrogens is 298 g/mol. The first kappa shape index (κ1) is 14.8. The van der Waals surface area contributed by atoms with Crippen LogP contribution in [-0.2, 0) is 0 Å². The predicted molar refractivity (Wildman–Crippen MR) is 75.1 cm³/mol. The normalized spacial score (nSPS) is 12.2. The molecule has 0 aliphatic carbocycles. The Labute approximate surface area is 115 Å². The number of aromatic carboxylic acids is 1. The summed E-state index contributed by atoms with van der Waals surface area (Å²) in [5.41, 5.74) is 5.92. The first-order valence-electron chi connectivity index (χ1n) is 5.90. The lowest BCUT2D eigenvalue weighted by Crippen LogP contribution is -2.10. The van der Waals surface area contributed by atoms with E-state index < -0.39 is 5.97 Å². The van der Waals surface area contributed by atoms with Gasteiger partial charge in [0.25, 0.3) is 0 Å². The zero-order valence-corrected chi connectivity index (χ0v) is 12.2. The van der Waals surface area contributed by atoms with Crippen LogP contribution >= 0.6 is 15.9 Å². The number of nitrogens with two attached hydrogens (primary N) is 1. The zero-order chi connectivity index (χ0) is 13.7. The van der Waals surface area contributed by atoms with Crippen molar-refractivity contribution < 1.29 is 14.6 Å². The van der Waals surface area contributed by atoms with Crippen LogP contribution in [-0.4, -0.2) is 17.7 Å². The van der Waals surface area contributed by atoms with E-state index in [0.29, 0.717) is 22.7 Å². The van der Waals surface area contributed by atoms with Gasteiger partial charge >= 0.3 is 5.97 Å². The molecule has 0 aromatic heterocycles. The van der Waals surface area contributed by atoms with Gasteiger partial charge in [-0.3, -0.25) is 0 Å². The predicted octanol–water partition coefficient (Wildman–Crippen LogP) is 3.54. The molecule has 0 aliphatic rings. The standard InChI is InChI=1S/C13H18BrNO3/c1-3-4-8(2)7-18-12-5-9(13(16)17)11(15)6-10(12)14/h5-6,8H,3-4,7,15H2,1-2H3,(H,16,17). The maximum Gasteiger partial charge on any atom is 0.337 e. The fourth-order valence-electron chi connectivity index (χ4n) is 1.67. The number of anilines is 1. The summed E-state index contributed by atoms with van der Waals surface area (Å²) in [7, 11) is 0. The third kappa shape index (κ3) is 3.91. The Hall–Kier alpha value is -1.23. The van der Waals surface area contributed by atoms with E-state index in [1.807, 2.05) is 0 Å². The van der Waals surface area contributed by atoms with E-state index in [2.05, 4.69) is 29.8 Å². The van der Waals surface area contributed by atoms with Crippen LogP contribution in [0.4, 0.5) is 5.69 Å². The second kappa shape index (κ2) is 6.64. The minimum Gasteiger partial charge on any atom is -0.492 e. The molecule has 1 atom stereocenters. The highest BCUT2D eigenvalue weighted by Gasteiger charge is 2.13. The highest BCUT2D eigenvalue weighted by atomic mass is 79.9. The van der Waals surface area contributed by atoms with E-state index in [4.69, 9.17) is 15.6 Å². The van der Waals surface area contributed by atoms with Crippen LogP contribution < -0.4 is 10.5 Å². The number of carboxylic acids is 1. The van der Waals surface area contributed by atoms with Crippen molar-refractivity contribution in [1.29, 1.82) is 0 Å². The van der Waals surface area contributed by atoms with E-state index in [0.717, 1.165) is 12.8 Å². The lowest BCUT2D eigenvalue weighted by Gasteiger charge is -2.14. The molecule has 1 rings (SSSR count). The molecule has 1 unspecified atom stereocenters. The molecule has 3 N–H and O–H groups in total. The van der Waals surface area contributed by atoms with Crippen LogP contribution in [0, 0.1) is 5.92 Å². The van der Waals surface area contributed by atoms with E-state index in [1.54, 1.807) is 6.07 Å². The van der Waals surface area contributed by atoms with Gasteiger partial charge in [0.05, 0.1) is 16.6 Å². The summed E-state index contributed by atoms with van der Waals surface area (Å²) in [6.07, 6.45) is 2.19. The van der Waals surface area contributed by atoms with Crippen molar-refractivity contribution in [2.24, 2.45) is 5.92 Å². The van der Waals surface area contributed by atoms with Gasteiger partial charge in [-0.05, 0) is 40.4 Å². The highest BCUT2D eigenvalue weighted by Crippen LogP contribution is 2.30. The van der Waals surface area contributed by atoms with Crippen LogP contribution in [0.5, 0.6) is 5.75 Å². The third-order valence-corrected chi connectivity index (χ3v) is 3.26. The molecule has 5 heteroatoms. The van der Waals surface area contributed by atoms with Gasteiger partial charge in [0.1, 0.15) is 5.75 Å². The summed E-state index contributed by atoms with van der Waals surface area (Å²) in [5, 5.41) is 8.99. The fourth-order valence-corrected chi connectivity index (χ4v) is 2.15. The Morgan fingerprint density at radius 1 is 1.56 bits per heavy atom. The average molecular weight is 316 g/mol. The van der Waals surface area contributed by atoms with Crippen molar-refractivity contribution in [3.63, 3.8) is 0 Å². The first-order chi connectivity index (χ1) is 8.45. The van der Waals surface area contributed by atoms with Crippen LogP contribution in [0.15, 0.2) is 16.6 Å². The van der Waals surface area contributed by atoms with Gasteiger partial charge in [0, 0.05) is 5.69 Å². The lowest BCUT2D eigenvalue weighted by atomic mass is 10.1. The molecule has 0 amide bonds. The number of rotatable bonds is 6. The van der Waals surface area contributed by atoms with Gasteiger partial charge in [-0.1, -0.05) is 20.3 Å². The number of halogens is 1. The fraction of sp³-hybridized carbons (Fsp3) is 0.462. The molecule has 1 aromatic carbocycles. The average Bonchev–Trinajstić information content (AvgIpc) is 2.27. The van der Waals surface area contributed by atoms with Crippen LogP contribution in [0.25, 0.3) is 0 Å². The third-order valence-electron chi connectivity index (χ3n) is 2.64. The smallest absolute Gasteiger partial charge is 0.337 e. The van der Waals surface area contributed by atoms with Crippen molar-refractivity contribution in [3.8, 4) is 5.75 Å². The number of carboxylic acid groups (broad SMARTS) is 1. The molecule has 100 valence electrons. The molecule has 0 saturated heterocycles. The maximum absolute atomic E-state index is 11.0. The highest BCUT2D eigenvalue weighted by molar-refractivity contribution is 9.10. The number of nitrogen functional groups attached to an aromatic ring is 1. The SMILES string of the molecule is CCCC(C)COc1cc(C(=O)O)c(N)cc1Br. The Kier molecular flexibility index (Phi) is 5.47. The summed E-state index contributed by atoms with van der Waals surface area (Å²) >= 11 is 3.32. The topological polar surface area (TPSA) is 72.5 Å². The molecular formula is C13H18BrNO3. The molecule has 0 radical (unpaired) electrons. The minimum atomic E-state index is -1.05. The number of carbonyl (C=O) groups is 1. The van der Waals surface area contributed by atoms with E-state index in [1.165, 1.54) is 6.07 Å². The van der Waals surface area contributed by atoms with Crippen LogP contribution in [0.2, 0.25) is 0 Å². The first-order valence-corrected chi connectivity index (χ1v) is 6.70. The second-order valence-corrected chi connectivity index (χ2v) is 5.23. The Bertz CT molecular complexity index is 434. The van der Waals surface area contributed by atoms with Crippen molar-refractivity contribution >= 4 is 27.6 Å². The second-order valence-electron chi connectivity index (χ2n) is 4.38. The summed E-state index contributed by atoms with van der Waals surface area (Å²) in [5.74, 6) is -0.0938. The molecule has 0 fully saturated rings. The monoisotopic (exact) mass is 315 g/mol. The summed E-state index contributed by atoms with van der Waals surface area (Å²) in [6, 6.07) is 3.02. The largest absolute Gasteiger partial charge is 0.492 e. The summed E-state index contributed by atoms with van der Waals surface area (Å²) in [6.45, 7) is 4.79. The van der Waals surface area contributed by atoms with E-state index in [-0.39, 0.29) is 11.3 Å². The quantitative estimate of drug-likeness (QED) is 0.787. The van der Waals surface area contributed by atoms with Gasteiger partial charge in [-0.25, -0.2) is 4.79 Å². The molecule has 0 heterocycles. The van der Waals surface area contributed by atoms with Gasteiger partial charge in [0.2, 0.25) is 0 Å². The van der Waals surface area contributed by atoms with Gasteiger partial charge in [-0.15, -0.1) is 0 Å². The van der Waals surface area contributed by atoms with Crippen molar-refractivity contribution in [3.05, 3.63) is 22.2 Å². The van der Waals surface area contributed by atoms with Crippen molar-refractivity contribution in [1.82, 2.24) is 0 Å². The molecule has 0 saturated carbocycles. The zero-order valence-electron chi connectivity index (χ0n) is 10.6.